The number of hydrogen-bond donors (Lipinski definition) is 1. The fourth-order valence-electron chi connectivity index (χ4n) is 3.10. The lowest BCUT2D eigenvalue weighted by atomic mass is 9.96. The number of anilines is 1. The zero-order valence-electron chi connectivity index (χ0n) is 17.9. The minimum absolute atomic E-state index is 0.161. The average molecular weight is 419 g/mol. The molecular weight excluding hydrogens is 388 g/mol. The number of sulfonamides is 1. The van der Waals surface area contributed by atoms with Gasteiger partial charge >= 0.3 is 0 Å². The van der Waals surface area contributed by atoms with E-state index < -0.39 is 10.0 Å². The molecule has 1 atom stereocenters. The highest BCUT2D eigenvalue weighted by molar-refractivity contribution is 7.92. The zero-order valence-corrected chi connectivity index (χ0v) is 18.7. The molecule has 0 spiro atoms. The van der Waals surface area contributed by atoms with E-state index in [4.69, 9.17) is 4.74 Å². The van der Waals surface area contributed by atoms with Crippen LogP contribution in [0.1, 0.15) is 47.8 Å². The molecule has 0 fully saturated rings. The molecule has 0 aliphatic heterocycles. The number of aryl methyl sites for hydroxylation is 1. The number of carbonyl (C=O) groups excluding carboxylic acids is 1. The largest absolute Gasteiger partial charge is 0.497 e. The van der Waals surface area contributed by atoms with Crippen LogP contribution in [0.2, 0.25) is 0 Å². The monoisotopic (exact) mass is 418 g/mol. The summed E-state index contributed by atoms with van der Waals surface area (Å²) in [4.78, 5) is 13.0. The van der Waals surface area contributed by atoms with Gasteiger partial charge in [0.15, 0.2) is 0 Å². The Morgan fingerprint density at radius 3 is 2.28 bits per heavy atom. The van der Waals surface area contributed by atoms with Gasteiger partial charge in [0, 0.05) is 12.6 Å². The van der Waals surface area contributed by atoms with Gasteiger partial charge in [-0.25, -0.2) is 8.42 Å². The Balaban J connectivity index is 2.31. The SMILES string of the molecule is COc1ccc([C@@H](CC(C)C)NC(=O)c2ccc(C)c(N(C)S(C)(=O)=O)c2)cc1. The first kappa shape index (κ1) is 22.7. The summed E-state index contributed by atoms with van der Waals surface area (Å²) in [6.45, 7) is 6.03. The van der Waals surface area contributed by atoms with Crippen LogP contribution in [0.25, 0.3) is 0 Å². The molecule has 0 heterocycles. The molecule has 0 aliphatic carbocycles. The van der Waals surface area contributed by atoms with Crippen molar-refractivity contribution < 1.29 is 17.9 Å². The standard InChI is InChI=1S/C22H30N2O4S/c1-15(2)13-20(17-9-11-19(28-5)12-10-17)23-22(25)18-8-7-16(3)21(14-18)24(4)29(6,26)27/h7-12,14-15,20H,13H2,1-6H3,(H,23,25)/t20-/m1/s1. The minimum atomic E-state index is -3.42. The van der Waals surface area contributed by atoms with Gasteiger partial charge in [0.1, 0.15) is 5.75 Å². The van der Waals surface area contributed by atoms with Crippen molar-refractivity contribution in [2.24, 2.45) is 5.92 Å². The van der Waals surface area contributed by atoms with Crippen LogP contribution in [0, 0.1) is 12.8 Å². The molecule has 0 aromatic heterocycles. The second-order valence-corrected chi connectivity index (χ2v) is 9.67. The van der Waals surface area contributed by atoms with Gasteiger partial charge in [0.05, 0.1) is 25.1 Å². The van der Waals surface area contributed by atoms with E-state index in [-0.39, 0.29) is 11.9 Å². The predicted molar refractivity (Wildman–Crippen MR) is 117 cm³/mol. The fraction of sp³-hybridized carbons (Fsp3) is 0.409. The number of hydrogen-bond acceptors (Lipinski definition) is 4. The fourth-order valence-corrected chi connectivity index (χ4v) is 3.65. The van der Waals surface area contributed by atoms with E-state index in [1.165, 1.54) is 11.4 Å². The summed E-state index contributed by atoms with van der Waals surface area (Å²) in [5, 5.41) is 3.10. The zero-order chi connectivity index (χ0) is 21.8. The van der Waals surface area contributed by atoms with Crippen molar-refractivity contribution in [3.05, 3.63) is 59.2 Å². The first-order valence-corrected chi connectivity index (χ1v) is 11.4. The number of benzene rings is 2. The summed E-state index contributed by atoms with van der Waals surface area (Å²) in [6.07, 6.45) is 1.92. The maximum Gasteiger partial charge on any atom is 0.251 e. The number of carbonyl (C=O) groups is 1. The molecule has 7 heteroatoms. The summed E-state index contributed by atoms with van der Waals surface area (Å²) in [7, 11) is -0.319. The van der Waals surface area contributed by atoms with Gasteiger partial charge in [-0.05, 0) is 54.7 Å². The second-order valence-electron chi connectivity index (χ2n) is 7.66. The molecular formula is C22H30N2O4S. The number of nitrogens with one attached hydrogen (secondary N) is 1. The Labute approximate surface area is 173 Å². The molecule has 6 nitrogen and oxygen atoms in total. The van der Waals surface area contributed by atoms with E-state index in [1.807, 2.05) is 31.2 Å². The summed E-state index contributed by atoms with van der Waals surface area (Å²) >= 11 is 0. The van der Waals surface area contributed by atoms with E-state index in [2.05, 4.69) is 19.2 Å². The van der Waals surface area contributed by atoms with Crippen LogP contribution >= 0.6 is 0 Å². The lowest BCUT2D eigenvalue weighted by molar-refractivity contribution is 0.0932. The Morgan fingerprint density at radius 2 is 1.76 bits per heavy atom. The van der Waals surface area contributed by atoms with Crippen molar-refractivity contribution in [1.29, 1.82) is 0 Å². The Hall–Kier alpha value is -2.54. The van der Waals surface area contributed by atoms with Gasteiger partial charge in [-0.3, -0.25) is 9.10 Å². The molecule has 2 rings (SSSR count). The number of rotatable bonds is 8. The van der Waals surface area contributed by atoms with Gasteiger partial charge in [-0.2, -0.15) is 0 Å². The minimum Gasteiger partial charge on any atom is -0.497 e. The molecule has 0 aliphatic rings. The van der Waals surface area contributed by atoms with Crippen LogP contribution in [-0.2, 0) is 10.0 Å². The van der Waals surface area contributed by atoms with E-state index in [0.29, 0.717) is 17.2 Å². The summed E-state index contributed by atoms with van der Waals surface area (Å²) in [5.74, 6) is 0.900. The van der Waals surface area contributed by atoms with Gasteiger partial charge < -0.3 is 10.1 Å². The van der Waals surface area contributed by atoms with Gasteiger partial charge in [0.2, 0.25) is 10.0 Å². The molecule has 2 aromatic rings. The highest BCUT2D eigenvalue weighted by Crippen LogP contribution is 2.26. The van der Waals surface area contributed by atoms with Crippen molar-refractivity contribution in [1.82, 2.24) is 5.32 Å². The van der Waals surface area contributed by atoms with Crippen molar-refractivity contribution in [3.63, 3.8) is 0 Å². The first-order chi connectivity index (χ1) is 13.5. The van der Waals surface area contributed by atoms with Crippen molar-refractivity contribution in [2.75, 3.05) is 24.7 Å². The van der Waals surface area contributed by atoms with E-state index in [9.17, 15) is 13.2 Å². The summed E-state index contributed by atoms with van der Waals surface area (Å²) in [5.41, 5.74) is 2.69. The third-order valence-corrected chi connectivity index (χ3v) is 6.03. The van der Waals surface area contributed by atoms with Crippen LogP contribution in [0.5, 0.6) is 5.75 Å². The molecule has 0 unspecified atom stereocenters. The van der Waals surface area contributed by atoms with Crippen molar-refractivity contribution in [3.8, 4) is 5.75 Å². The quantitative estimate of drug-likeness (QED) is 0.705. The first-order valence-electron chi connectivity index (χ1n) is 9.52. The summed E-state index contributed by atoms with van der Waals surface area (Å²) in [6, 6.07) is 12.6. The van der Waals surface area contributed by atoms with Crippen LogP contribution in [0.3, 0.4) is 0 Å². The van der Waals surface area contributed by atoms with E-state index in [0.717, 1.165) is 29.6 Å². The predicted octanol–water partition coefficient (Wildman–Crippen LogP) is 3.92. The molecule has 29 heavy (non-hydrogen) atoms. The van der Waals surface area contributed by atoms with Gasteiger partial charge in [-0.1, -0.05) is 32.0 Å². The number of methoxy groups -OCH3 is 1. The van der Waals surface area contributed by atoms with Crippen LogP contribution in [0.15, 0.2) is 42.5 Å². The van der Waals surface area contributed by atoms with Gasteiger partial charge in [0.25, 0.3) is 5.91 Å². The molecule has 0 bridgehead atoms. The third kappa shape index (κ3) is 5.97. The van der Waals surface area contributed by atoms with Crippen LogP contribution in [-0.4, -0.2) is 34.7 Å². The molecule has 0 radical (unpaired) electrons. The van der Waals surface area contributed by atoms with Crippen LogP contribution < -0.4 is 14.4 Å². The number of ether oxygens (including phenoxy) is 1. The summed E-state index contributed by atoms with van der Waals surface area (Å²) < 4.78 is 30.2. The maximum absolute atomic E-state index is 13.0. The normalized spacial score (nSPS) is 12.5. The van der Waals surface area contributed by atoms with Crippen LogP contribution in [0.4, 0.5) is 5.69 Å². The van der Waals surface area contributed by atoms with Crippen molar-refractivity contribution in [2.45, 2.75) is 33.2 Å². The topological polar surface area (TPSA) is 75.7 Å². The Kier molecular flexibility index (Phi) is 7.30. The highest BCUT2D eigenvalue weighted by atomic mass is 32.2. The Bertz CT molecular complexity index is 953. The van der Waals surface area contributed by atoms with Gasteiger partial charge in [-0.15, -0.1) is 0 Å². The smallest absolute Gasteiger partial charge is 0.251 e. The lowest BCUT2D eigenvalue weighted by Gasteiger charge is -2.23. The molecule has 158 valence electrons. The number of amides is 1. The molecule has 0 saturated heterocycles. The number of nitrogens with zero attached hydrogens (tertiary/aromatic N) is 1. The van der Waals surface area contributed by atoms with E-state index in [1.54, 1.807) is 25.3 Å². The molecule has 0 saturated carbocycles. The Morgan fingerprint density at radius 1 is 1.14 bits per heavy atom. The highest BCUT2D eigenvalue weighted by Gasteiger charge is 2.20. The maximum atomic E-state index is 13.0. The second kappa shape index (κ2) is 9.31. The molecule has 1 amide bonds. The third-order valence-electron chi connectivity index (χ3n) is 4.84. The molecule has 1 N–H and O–H groups in total. The lowest BCUT2D eigenvalue weighted by Crippen LogP contribution is -2.30. The molecule has 2 aromatic carbocycles. The van der Waals surface area contributed by atoms with Crippen molar-refractivity contribution >= 4 is 21.6 Å². The average Bonchev–Trinajstić information content (AvgIpc) is 2.66. The van der Waals surface area contributed by atoms with E-state index >= 15 is 0 Å².